The van der Waals surface area contributed by atoms with Crippen LogP contribution in [0.3, 0.4) is 0 Å². The van der Waals surface area contributed by atoms with Gasteiger partial charge in [0.2, 0.25) is 0 Å². The Bertz CT molecular complexity index is 422. The first-order valence-electron chi connectivity index (χ1n) is 6.35. The topological polar surface area (TPSA) is 67.6 Å². The average molecular weight is 267 g/mol. The molecular formula is C13H21N3O3. The van der Waals surface area contributed by atoms with E-state index in [4.69, 9.17) is 4.74 Å². The largest absolute Gasteiger partial charge is 0.485 e. The molecule has 0 spiro atoms. The van der Waals surface area contributed by atoms with E-state index in [1.807, 2.05) is 25.9 Å². The second kappa shape index (κ2) is 7.58. The molecule has 1 rings (SSSR count). The van der Waals surface area contributed by atoms with Crippen LogP contribution in [0.4, 0.5) is 11.4 Å². The van der Waals surface area contributed by atoms with Gasteiger partial charge in [-0.1, -0.05) is 13.0 Å². The van der Waals surface area contributed by atoms with Gasteiger partial charge in [0.25, 0.3) is 0 Å². The summed E-state index contributed by atoms with van der Waals surface area (Å²) in [6.45, 7) is 3.84. The molecule has 0 aromatic heterocycles. The first-order valence-corrected chi connectivity index (χ1v) is 6.35. The van der Waals surface area contributed by atoms with E-state index < -0.39 is 4.92 Å². The molecule has 0 amide bonds. The third kappa shape index (κ3) is 4.75. The molecule has 0 atom stereocenters. The van der Waals surface area contributed by atoms with Crippen molar-refractivity contribution in [1.82, 2.24) is 4.90 Å². The predicted molar refractivity (Wildman–Crippen MR) is 75.9 cm³/mol. The molecule has 19 heavy (non-hydrogen) atoms. The third-order valence-electron chi connectivity index (χ3n) is 2.54. The Hall–Kier alpha value is -1.82. The highest BCUT2D eigenvalue weighted by Gasteiger charge is 2.20. The van der Waals surface area contributed by atoms with Crippen molar-refractivity contribution in [3.05, 3.63) is 28.3 Å². The minimum atomic E-state index is -0.400. The average Bonchev–Trinajstić information content (AvgIpc) is 2.35. The second-order valence-corrected chi connectivity index (χ2v) is 4.49. The highest BCUT2D eigenvalue weighted by atomic mass is 16.6. The van der Waals surface area contributed by atoms with Crippen molar-refractivity contribution >= 4 is 11.4 Å². The summed E-state index contributed by atoms with van der Waals surface area (Å²) in [5.74, 6) is 0.313. The number of nitro benzene ring substituents is 1. The zero-order valence-electron chi connectivity index (χ0n) is 11.7. The van der Waals surface area contributed by atoms with Crippen LogP contribution in [-0.2, 0) is 0 Å². The Morgan fingerprint density at radius 3 is 2.74 bits per heavy atom. The summed E-state index contributed by atoms with van der Waals surface area (Å²) in [4.78, 5) is 12.7. The lowest BCUT2D eigenvalue weighted by atomic mass is 10.2. The minimum absolute atomic E-state index is 0.00899. The lowest BCUT2D eigenvalue weighted by Crippen LogP contribution is -2.19. The molecule has 0 unspecified atom stereocenters. The fourth-order valence-electron chi connectivity index (χ4n) is 1.57. The van der Waals surface area contributed by atoms with Gasteiger partial charge < -0.3 is 15.0 Å². The van der Waals surface area contributed by atoms with Gasteiger partial charge in [0, 0.05) is 13.1 Å². The number of hydrogen-bond acceptors (Lipinski definition) is 5. The molecule has 106 valence electrons. The second-order valence-electron chi connectivity index (χ2n) is 4.49. The summed E-state index contributed by atoms with van der Waals surface area (Å²) >= 11 is 0. The molecule has 0 saturated carbocycles. The molecule has 1 aromatic rings. The molecule has 0 aliphatic rings. The van der Waals surface area contributed by atoms with Gasteiger partial charge in [-0.15, -0.1) is 0 Å². The van der Waals surface area contributed by atoms with E-state index in [1.54, 1.807) is 18.2 Å². The first-order chi connectivity index (χ1) is 9.06. The van der Waals surface area contributed by atoms with Gasteiger partial charge in [0.15, 0.2) is 5.75 Å². The van der Waals surface area contributed by atoms with Crippen LogP contribution in [0.25, 0.3) is 0 Å². The molecule has 0 fully saturated rings. The number of nitrogens with zero attached hydrogens (tertiary/aromatic N) is 2. The number of anilines is 1. The summed E-state index contributed by atoms with van der Waals surface area (Å²) in [6, 6.07) is 5.09. The Kier molecular flexibility index (Phi) is 6.08. The van der Waals surface area contributed by atoms with Crippen molar-refractivity contribution in [2.24, 2.45) is 0 Å². The number of para-hydroxylation sites is 1. The van der Waals surface area contributed by atoms with E-state index >= 15 is 0 Å². The number of ether oxygens (including phenoxy) is 1. The Labute approximate surface area is 113 Å². The maximum atomic E-state index is 11.2. The van der Waals surface area contributed by atoms with Crippen molar-refractivity contribution in [1.29, 1.82) is 0 Å². The summed E-state index contributed by atoms with van der Waals surface area (Å²) in [7, 11) is 3.86. The fourth-order valence-corrected chi connectivity index (χ4v) is 1.57. The molecule has 0 heterocycles. The monoisotopic (exact) mass is 267 g/mol. The van der Waals surface area contributed by atoms with Gasteiger partial charge in [0.05, 0.1) is 4.92 Å². The number of hydrogen-bond donors (Lipinski definition) is 1. The molecule has 1 aromatic carbocycles. The van der Waals surface area contributed by atoms with Crippen molar-refractivity contribution in [3.63, 3.8) is 0 Å². The smallest absolute Gasteiger partial charge is 0.333 e. The lowest BCUT2D eigenvalue weighted by Gasteiger charge is -2.13. The van der Waals surface area contributed by atoms with Crippen molar-refractivity contribution < 1.29 is 9.66 Å². The summed E-state index contributed by atoms with van der Waals surface area (Å²) in [5, 5.41) is 14.2. The number of nitro groups is 1. The van der Waals surface area contributed by atoms with Crippen LogP contribution < -0.4 is 10.1 Å². The highest BCUT2D eigenvalue weighted by molar-refractivity contribution is 5.68. The van der Waals surface area contributed by atoms with Crippen molar-refractivity contribution in [2.75, 3.05) is 39.1 Å². The quantitative estimate of drug-likeness (QED) is 0.578. The maximum absolute atomic E-state index is 11.2. The lowest BCUT2D eigenvalue weighted by molar-refractivity contribution is -0.385. The van der Waals surface area contributed by atoms with Crippen LogP contribution in [-0.4, -0.2) is 43.6 Å². The molecule has 6 heteroatoms. The minimum Gasteiger partial charge on any atom is -0.485 e. The number of rotatable bonds is 8. The van der Waals surface area contributed by atoms with E-state index in [1.165, 1.54) is 0 Å². The molecule has 0 bridgehead atoms. The Balaban J connectivity index is 2.86. The van der Waals surface area contributed by atoms with Gasteiger partial charge in [0.1, 0.15) is 12.3 Å². The fraction of sp³-hybridized carbons (Fsp3) is 0.538. The van der Waals surface area contributed by atoms with Crippen LogP contribution in [0.1, 0.15) is 13.3 Å². The number of benzene rings is 1. The zero-order chi connectivity index (χ0) is 14.3. The zero-order valence-corrected chi connectivity index (χ0v) is 11.7. The van der Waals surface area contributed by atoms with E-state index in [-0.39, 0.29) is 5.69 Å². The van der Waals surface area contributed by atoms with Gasteiger partial charge in [-0.3, -0.25) is 10.1 Å². The van der Waals surface area contributed by atoms with Crippen LogP contribution >= 0.6 is 0 Å². The first kappa shape index (κ1) is 15.2. The summed E-state index contributed by atoms with van der Waals surface area (Å²) < 4.78 is 5.51. The van der Waals surface area contributed by atoms with E-state index in [2.05, 4.69) is 5.32 Å². The van der Waals surface area contributed by atoms with E-state index in [0.29, 0.717) is 31.1 Å². The Morgan fingerprint density at radius 2 is 2.16 bits per heavy atom. The van der Waals surface area contributed by atoms with Gasteiger partial charge in [-0.25, -0.2) is 0 Å². The van der Waals surface area contributed by atoms with Crippen molar-refractivity contribution in [2.45, 2.75) is 13.3 Å². The summed E-state index contributed by atoms with van der Waals surface area (Å²) in [5.41, 5.74) is 0.518. The predicted octanol–water partition coefficient (Wildman–Crippen LogP) is 2.36. The molecule has 0 aliphatic heterocycles. The van der Waals surface area contributed by atoms with E-state index in [0.717, 1.165) is 6.42 Å². The summed E-state index contributed by atoms with van der Waals surface area (Å²) in [6.07, 6.45) is 0.906. The molecule has 0 radical (unpaired) electrons. The van der Waals surface area contributed by atoms with Crippen LogP contribution in [0, 0.1) is 10.1 Å². The Morgan fingerprint density at radius 1 is 1.42 bits per heavy atom. The van der Waals surface area contributed by atoms with Crippen LogP contribution in [0.5, 0.6) is 5.75 Å². The van der Waals surface area contributed by atoms with Crippen LogP contribution in [0.2, 0.25) is 0 Å². The van der Waals surface area contributed by atoms with E-state index in [9.17, 15) is 10.1 Å². The molecule has 6 nitrogen and oxygen atoms in total. The number of likely N-dealkylation sites (N-methyl/N-ethyl adjacent to an activating group) is 1. The van der Waals surface area contributed by atoms with Gasteiger partial charge >= 0.3 is 5.69 Å². The molecular weight excluding hydrogens is 246 g/mol. The molecule has 1 N–H and O–H groups in total. The van der Waals surface area contributed by atoms with Gasteiger partial charge in [-0.05, 0) is 32.6 Å². The standard InChI is InChI=1S/C13H21N3O3/c1-4-8-14-11-6-5-7-12(13(11)16(17)18)19-10-9-15(2)3/h5-7,14H,4,8-10H2,1-3H3. The normalized spacial score (nSPS) is 10.5. The number of nitrogens with one attached hydrogen (secondary N) is 1. The maximum Gasteiger partial charge on any atom is 0.333 e. The molecule has 0 aliphatic carbocycles. The van der Waals surface area contributed by atoms with Crippen molar-refractivity contribution in [3.8, 4) is 5.75 Å². The molecule has 0 saturated heterocycles. The van der Waals surface area contributed by atoms with Crippen LogP contribution in [0.15, 0.2) is 18.2 Å². The SMILES string of the molecule is CCCNc1cccc(OCCN(C)C)c1[N+](=O)[O-]. The highest BCUT2D eigenvalue weighted by Crippen LogP contribution is 2.34. The van der Waals surface area contributed by atoms with Gasteiger partial charge in [-0.2, -0.15) is 0 Å². The third-order valence-corrected chi connectivity index (χ3v) is 2.54.